The predicted molar refractivity (Wildman–Crippen MR) is 147 cm³/mol. The highest BCUT2D eigenvalue weighted by Gasteiger charge is 2.17. The number of nitrogens with zero attached hydrogens (tertiary/aromatic N) is 1. The fourth-order valence-electron chi connectivity index (χ4n) is 3.65. The molecule has 3 aromatic carbocycles. The quantitative estimate of drug-likeness (QED) is 0.161. The summed E-state index contributed by atoms with van der Waals surface area (Å²) in [6, 6.07) is 23.0. The number of hydrogen-bond donors (Lipinski definition) is 1. The number of nitriles is 1. The fraction of sp³-hybridized carbons (Fsp3) is 0.200. The molecular weight excluding hydrogens is 516 g/mol. The third kappa shape index (κ3) is 7.34. The second kappa shape index (κ2) is 13.3. The summed E-state index contributed by atoms with van der Waals surface area (Å²) in [6.45, 7) is 8.45. The lowest BCUT2D eigenvalue weighted by molar-refractivity contribution is -0.117. The van der Waals surface area contributed by atoms with Crippen LogP contribution in [0.25, 0.3) is 6.08 Å². The first-order chi connectivity index (χ1) is 17.4. The number of carbonyl (C=O) groups is 1. The lowest BCUT2D eigenvalue weighted by Gasteiger charge is -2.17. The highest BCUT2D eigenvalue weighted by molar-refractivity contribution is 9.10. The van der Waals surface area contributed by atoms with Crippen molar-refractivity contribution in [1.29, 1.82) is 5.26 Å². The van der Waals surface area contributed by atoms with Gasteiger partial charge in [-0.1, -0.05) is 64.5 Å². The SMILES string of the molecule is C=CCc1cc(/C=C(/C#N)C(=O)N[C@H](C)c2ccccc2)cc(OCC)c1OCc1ccc(Br)cc1. The van der Waals surface area contributed by atoms with Crippen molar-refractivity contribution in [2.75, 3.05) is 6.61 Å². The minimum atomic E-state index is -0.437. The molecular formula is C30H29BrN2O3. The number of allylic oxidation sites excluding steroid dienone is 1. The first-order valence-electron chi connectivity index (χ1n) is 11.7. The van der Waals surface area contributed by atoms with E-state index in [2.05, 4.69) is 27.8 Å². The van der Waals surface area contributed by atoms with Crippen LogP contribution in [0.2, 0.25) is 0 Å². The zero-order valence-corrected chi connectivity index (χ0v) is 22.0. The number of hydrogen-bond acceptors (Lipinski definition) is 4. The molecule has 0 saturated carbocycles. The summed E-state index contributed by atoms with van der Waals surface area (Å²) >= 11 is 3.45. The molecule has 1 amide bonds. The van der Waals surface area contributed by atoms with Gasteiger partial charge in [0.05, 0.1) is 12.6 Å². The van der Waals surface area contributed by atoms with Crippen LogP contribution in [0.15, 0.2) is 89.4 Å². The maximum atomic E-state index is 12.9. The predicted octanol–water partition coefficient (Wildman–Crippen LogP) is 6.94. The summed E-state index contributed by atoms with van der Waals surface area (Å²) < 4.78 is 13.1. The van der Waals surface area contributed by atoms with Gasteiger partial charge in [0.25, 0.3) is 5.91 Å². The molecule has 0 radical (unpaired) electrons. The molecule has 0 bridgehead atoms. The largest absolute Gasteiger partial charge is 0.490 e. The second-order valence-corrected chi connectivity index (χ2v) is 9.04. The van der Waals surface area contributed by atoms with Gasteiger partial charge in [0.2, 0.25) is 0 Å². The Hall–Kier alpha value is -3.82. The molecule has 184 valence electrons. The van der Waals surface area contributed by atoms with Gasteiger partial charge >= 0.3 is 0 Å². The van der Waals surface area contributed by atoms with Crippen LogP contribution >= 0.6 is 15.9 Å². The topological polar surface area (TPSA) is 71.4 Å². The minimum absolute atomic E-state index is 0.00770. The number of rotatable bonds is 11. The molecule has 0 aliphatic rings. The van der Waals surface area contributed by atoms with E-state index in [0.717, 1.165) is 21.2 Å². The Morgan fingerprint density at radius 2 is 1.86 bits per heavy atom. The number of amides is 1. The van der Waals surface area contributed by atoms with Gasteiger partial charge in [-0.15, -0.1) is 6.58 Å². The number of nitrogens with one attached hydrogen (secondary N) is 1. The van der Waals surface area contributed by atoms with E-state index in [1.54, 1.807) is 18.2 Å². The molecule has 3 aromatic rings. The Balaban J connectivity index is 1.89. The monoisotopic (exact) mass is 544 g/mol. The molecule has 1 N–H and O–H groups in total. The van der Waals surface area contributed by atoms with Crippen LogP contribution in [-0.4, -0.2) is 12.5 Å². The van der Waals surface area contributed by atoms with E-state index >= 15 is 0 Å². The van der Waals surface area contributed by atoms with Gasteiger partial charge in [0.15, 0.2) is 11.5 Å². The summed E-state index contributed by atoms with van der Waals surface area (Å²) in [5, 5.41) is 12.6. The molecule has 0 spiro atoms. The van der Waals surface area contributed by atoms with Crippen LogP contribution in [0, 0.1) is 11.3 Å². The maximum absolute atomic E-state index is 12.9. The molecule has 5 nitrogen and oxygen atoms in total. The van der Waals surface area contributed by atoms with Crippen molar-refractivity contribution in [3.05, 3.63) is 112 Å². The highest BCUT2D eigenvalue weighted by atomic mass is 79.9. The van der Waals surface area contributed by atoms with Gasteiger partial charge in [0.1, 0.15) is 18.2 Å². The fourth-order valence-corrected chi connectivity index (χ4v) is 3.92. The zero-order chi connectivity index (χ0) is 25.9. The van der Waals surface area contributed by atoms with Crippen molar-refractivity contribution >= 4 is 27.9 Å². The first-order valence-corrected chi connectivity index (χ1v) is 12.5. The number of ether oxygens (including phenoxy) is 2. The van der Waals surface area contributed by atoms with Crippen LogP contribution < -0.4 is 14.8 Å². The molecule has 0 heterocycles. The molecule has 0 aromatic heterocycles. The van der Waals surface area contributed by atoms with Crippen molar-refractivity contribution in [3.63, 3.8) is 0 Å². The Labute approximate surface area is 221 Å². The summed E-state index contributed by atoms with van der Waals surface area (Å²) in [4.78, 5) is 12.9. The van der Waals surface area contributed by atoms with Crippen molar-refractivity contribution in [2.24, 2.45) is 0 Å². The van der Waals surface area contributed by atoms with Gasteiger partial charge in [-0.05, 0) is 67.3 Å². The molecule has 36 heavy (non-hydrogen) atoms. The lowest BCUT2D eigenvalue weighted by atomic mass is 10.0. The zero-order valence-electron chi connectivity index (χ0n) is 20.5. The van der Waals surface area contributed by atoms with Crippen molar-refractivity contribution < 1.29 is 14.3 Å². The molecule has 6 heteroatoms. The van der Waals surface area contributed by atoms with Gasteiger partial charge in [0, 0.05) is 10.0 Å². The van der Waals surface area contributed by atoms with Gasteiger partial charge < -0.3 is 14.8 Å². The standard InChI is InChI=1S/C30H29BrN2O3/c1-4-9-25-16-23(17-26(19-32)30(34)33-21(3)24-10-7-6-8-11-24)18-28(35-5-2)29(25)36-20-22-12-14-27(31)15-13-22/h4,6-8,10-18,21H,1,5,9,20H2,2-3H3,(H,33,34)/b26-17-/t21-/m1/s1. The van der Waals surface area contributed by atoms with Gasteiger partial charge in [-0.2, -0.15) is 5.26 Å². The van der Waals surface area contributed by atoms with Crippen molar-refractivity contribution in [2.45, 2.75) is 32.9 Å². The Bertz CT molecular complexity index is 1260. The third-order valence-corrected chi connectivity index (χ3v) is 5.97. The summed E-state index contributed by atoms with van der Waals surface area (Å²) in [5.41, 5.74) is 3.51. The summed E-state index contributed by atoms with van der Waals surface area (Å²) in [5.74, 6) is 0.737. The first kappa shape index (κ1) is 26.8. The number of benzene rings is 3. The third-order valence-electron chi connectivity index (χ3n) is 5.44. The Morgan fingerprint density at radius 1 is 1.14 bits per heavy atom. The van der Waals surface area contributed by atoms with Crippen LogP contribution in [0.1, 0.15) is 42.1 Å². The van der Waals surface area contributed by atoms with E-state index in [1.807, 2.05) is 80.6 Å². The average Bonchev–Trinajstić information content (AvgIpc) is 2.88. The summed E-state index contributed by atoms with van der Waals surface area (Å²) in [7, 11) is 0. The van der Waals surface area contributed by atoms with E-state index in [4.69, 9.17) is 9.47 Å². The number of carbonyl (C=O) groups excluding carboxylic acids is 1. The van der Waals surface area contributed by atoms with Crippen LogP contribution in [-0.2, 0) is 17.8 Å². The van der Waals surface area contributed by atoms with E-state index < -0.39 is 5.91 Å². The van der Waals surface area contributed by atoms with E-state index in [9.17, 15) is 10.1 Å². The van der Waals surface area contributed by atoms with Gasteiger partial charge in [-0.3, -0.25) is 4.79 Å². The van der Waals surface area contributed by atoms with Crippen LogP contribution in [0.4, 0.5) is 0 Å². The van der Waals surface area contributed by atoms with Crippen molar-refractivity contribution in [1.82, 2.24) is 5.32 Å². The van der Waals surface area contributed by atoms with E-state index in [0.29, 0.717) is 36.7 Å². The minimum Gasteiger partial charge on any atom is -0.490 e. The molecule has 0 aliphatic carbocycles. The molecule has 0 unspecified atom stereocenters. The molecule has 0 fully saturated rings. The maximum Gasteiger partial charge on any atom is 0.262 e. The normalized spacial score (nSPS) is 11.8. The molecule has 1 atom stereocenters. The van der Waals surface area contributed by atoms with Gasteiger partial charge in [-0.25, -0.2) is 0 Å². The van der Waals surface area contributed by atoms with Crippen LogP contribution in [0.3, 0.4) is 0 Å². The Kier molecular flexibility index (Phi) is 9.91. The lowest BCUT2D eigenvalue weighted by Crippen LogP contribution is -2.27. The molecule has 3 rings (SSSR count). The Morgan fingerprint density at radius 3 is 2.50 bits per heavy atom. The highest BCUT2D eigenvalue weighted by Crippen LogP contribution is 2.35. The van der Waals surface area contributed by atoms with Crippen molar-refractivity contribution in [3.8, 4) is 17.6 Å². The molecule has 0 saturated heterocycles. The summed E-state index contributed by atoms with van der Waals surface area (Å²) in [6.07, 6.45) is 3.89. The van der Waals surface area contributed by atoms with Crippen LogP contribution in [0.5, 0.6) is 11.5 Å². The number of halogens is 1. The second-order valence-electron chi connectivity index (χ2n) is 8.12. The van der Waals surface area contributed by atoms with E-state index in [-0.39, 0.29) is 11.6 Å². The molecule has 0 aliphatic heterocycles. The van der Waals surface area contributed by atoms with E-state index in [1.165, 1.54) is 0 Å². The smallest absolute Gasteiger partial charge is 0.262 e. The average molecular weight is 545 g/mol.